The third-order valence-corrected chi connectivity index (χ3v) is 3.84. The highest BCUT2D eigenvalue weighted by molar-refractivity contribution is 7.14. The number of hydrogen-bond donors (Lipinski definition) is 0. The van der Waals surface area contributed by atoms with Crippen molar-refractivity contribution >= 4 is 17.1 Å². The summed E-state index contributed by atoms with van der Waals surface area (Å²) >= 11 is 1.66. The molecular formula is C12H14OS. The highest BCUT2D eigenvalue weighted by Crippen LogP contribution is 2.30. The molecule has 0 spiro atoms. The van der Waals surface area contributed by atoms with Gasteiger partial charge in [0.25, 0.3) is 0 Å². The van der Waals surface area contributed by atoms with Gasteiger partial charge in [0.15, 0.2) is 5.78 Å². The largest absolute Gasteiger partial charge is 0.288 e. The van der Waals surface area contributed by atoms with E-state index >= 15 is 0 Å². The summed E-state index contributed by atoms with van der Waals surface area (Å²) < 4.78 is 0. The molecular weight excluding hydrogens is 192 g/mol. The van der Waals surface area contributed by atoms with Gasteiger partial charge in [0.2, 0.25) is 0 Å². The number of carbonyl (C=O) groups excluding carboxylic acids is 1. The Kier molecular flexibility index (Phi) is 2.55. The first-order valence-electron chi connectivity index (χ1n) is 5.00. The normalized spacial score (nSPS) is 14.9. The summed E-state index contributed by atoms with van der Waals surface area (Å²) in [6, 6.07) is 2.07. The monoisotopic (exact) mass is 206 g/mol. The summed E-state index contributed by atoms with van der Waals surface area (Å²) in [5.41, 5.74) is 2.04. The standard InChI is InChI=1S/C12H14OS/c1-8(2)12(13)11-7-9-5-3-4-6-10(9)14-11/h7H,1,3-6H2,2H3. The summed E-state index contributed by atoms with van der Waals surface area (Å²) in [7, 11) is 0. The molecule has 0 radical (unpaired) electrons. The molecule has 1 aliphatic rings. The molecule has 0 unspecified atom stereocenters. The number of hydrogen-bond acceptors (Lipinski definition) is 2. The predicted molar refractivity (Wildman–Crippen MR) is 60.1 cm³/mol. The van der Waals surface area contributed by atoms with Crippen LogP contribution in [0, 0.1) is 0 Å². The molecule has 14 heavy (non-hydrogen) atoms. The third-order valence-electron chi connectivity index (χ3n) is 2.61. The molecule has 74 valence electrons. The van der Waals surface area contributed by atoms with Gasteiger partial charge in [-0.3, -0.25) is 4.79 Å². The zero-order valence-corrected chi connectivity index (χ0v) is 9.25. The van der Waals surface area contributed by atoms with Gasteiger partial charge < -0.3 is 0 Å². The van der Waals surface area contributed by atoms with Gasteiger partial charge in [0.1, 0.15) is 0 Å². The number of carbonyl (C=O) groups is 1. The van der Waals surface area contributed by atoms with Crippen LogP contribution in [0.4, 0.5) is 0 Å². The summed E-state index contributed by atoms with van der Waals surface area (Å²) in [6.07, 6.45) is 4.84. The van der Waals surface area contributed by atoms with Gasteiger partial charge >= 0.3 is 0 Å². The average Bonchev–Trinajstić information content (AvgIpc) is 2.59. The molecule has 0 atom stereocenters. The van der Waals surface area contributed by atoms with E-state index in [1.165, 1.54) is 23.3 Å². The molecule has 0 amide bonds. The fraction of sp³-hybridized carbons (Fsp3) is 0.417. The van der Waals surface area contributed by atoms with Crippen molar-refractivity contribution in [1.82, 2.24) is 0 Å². The molecule has 2 heteroatoms. The Morgan fingerprint density at radius 1 is 1.43 bits per heavy atom. The van der Waals surface area contributed by atoms with E-state index in [0.29, 0.717) is 5.57 Å². The van der Waals surface area contributed by atoms with Crippen LogP contribution in [0.25, 0.3) is 0 Å². The number of thiophene rings is 1. The van der Waals surface area contributed by atoms with Gasteiger partial charge in [0, 0.05) is 4.88 Å². The van der Waals surface area contributed by atoms with Crippen molar-refractivity contribution in [2.75, 3.05) is 0 Å². The SMILES string of the molecule is C=C(C)C(=O)c1cc2c(s1)CCCC2. The number of rotatable bonds is 2. The number of allylic oxidation sites excluding steroid dienone is 1. The molecule has 0 saturated carbocycles. The Morgan fingerprint density at radius 2 is 2.14 bits per heavy atom. The lowest BCUT2D eigenvalue weighted by molar-refractivity contribution is 0.103. The van der Waals surface area contributed by atoms with Gasteiger partial charge in [-0.25, -0.2) is 0 Å². The average molecular weight is 206 g/mol. The van der Waals surface area contributed by atoms with E-state index < -0.39 is 0 Å². The van der Waals surface area contributed by atoms with E-state index in [4.69, 9.17) is 0 Å². The van der Waals surface area contributed by atoms with Crippen LogP contribution in [0.2, 0.25) is 0 Å². The molecule has 0 aromatic carbocycles. The first-order chi connectivity index (χ1) is 6.68. The highest BCUT2D eigenvalue weighted by atomic mass is 32.1. The zero-order valence-electron chi connectivity index (χ0n) is 8.43. The first-order valence-corrected chi connectivity index (χ1v) is 5.82. The van der Waals surface area contributed by atoms with E-state index in [9.17, 15) is 4.79 Å². The van der Waals surface area contributed by atoms with E-state index in [1.54, 1.807) is 18.3 Å². The molecule has 0 aliphatic heterocycles. The van der Waals surface area contributed by atoms with Crippen molar-refractivity contribution in [2.45, 2.75) is 32.6 Å². The maximum atomic E-state index is 11.7. The van der Waals surface area contributed by atoms with Crippen LogP contribution in [0.1, 0.15) is 39.9 Å². The lowest BCUT2D eigenvalue weighted by Gasteiger charge is -2.08. The first kappa shape index (κ1) is 9.66. The van der Waals surface area contributed by atoms with Crippen molar-refractivity contribution < 1.29 is 4.79 Å². The molecule has 0 fully saturated rings. The lowest BCUT2D eigenvalue weighted by Crippen LogP contribution is -1.97. The van der Waals surface area contributed by atoms with Crippen molar-refractivity contribution in [3.63, 3.8) is 0 Å². The van der Waals surface area contributed by atoms with E-state index in [-0.39, 0.29) is 5.78 Å². The van der Waals surface area contributed by atoms with Gasteiger partial charge in [-0.05, 0) is 49.8 Å². The number of Topliss-reactive ketones (excluding diaryl/α,β-unsaturated/α-hetero) is 1. The second-order valence-corrected chi connectivity index (χ2v) is 5.01. The Labute approximate surface area is 88.5 Å². The molecule has 0 N–H and O–H groups in total. The van der Waals surface area contributed by atoms with Crippen molar-refractivity contribution in [1.29, 1.82) is 0 Å². The Morgan fingerprint density at radius 3 is 2.79 bits per heavy atom. The number of ketones is 1. The van der Waals surface area contributed by atoms with Gasteiger partial charge in [-0.2, -0.15) is 0 Å². The van der Waals surface area contributed by atoms with Gasteiger partial charge in [0.05, 0.1) is 4.88 Å². The topological polar surface area (TPSA) is 17.1 Å². The van der Waals surface area contributed by atoms with Crippen LogP contribution in [-0.2, 0) is 12.8 Å². The minimum Gasteiger partial charge on any atom is -0.288 e. The quantitative estimate of drug-likeness (QED) is 0.535. The molecule has 1 aliphatic carbocycles. The highest BCUT2D eigenvalue weighted by Gasteiger charge is 2.17. The summed E-state index contributed by atoms with van der Waals surface area (Å²) in [5, 5.41) is 0. The predicted octanol–water partition coefficient (Wildman–Crippen LogP) is 3.39. The Balaban J connectivity index is 2.32. The van der Waals surface area contributed by atoms with E-state index in [2.05, 4.69) is 12.6 Å². The molecule has 2 rings (SSSR count). The number of aryl methyl sites for hydroxylation is 2. The van der Waals surface area contributed by atoms with Crippen LogP contribution in [0.3, 0.4) is 0 Å². The second-order valence-electron chi connectivity index (χ2n) is 3.88. The van der Waals surface area contributed by atoms with Crippen LogP contribution in [0.5, 0.6) is 0 Å². The number of fused-ring (bicyclic) bond motifs is 1. The zero-order chi connectivity index (χ0) is 10.1. The van der Waals surface area contributed by atoms with Crippen LogP contribution in [-0.4, -0.2) is 5.78 Å². The summed E-state index contributed by atoms with van der Waals surface area (Å²) in [5.74, 6) is 0.115. The third kappa shape index (κ3) is 1.67. The fourth-order valence-electron chi connectivity index (χ4n) is 1.81. The van der Waals surface area contributed by atoms with E-state index in [0.717, 1.165) is 17.7 Å². The van der Waals surface area contributed by atoms with Crippen LogP contribution in [0.15, 0.2) is 18.2 Å². The molecule has 0 bridgehead atoms. The fourth-order valence-corrected chi connectivity index (χ4v) is 3.08. The molecule has 1 nitrogen and oxygen atoms in total. The molecule has 0 saturated heterocycles. The van der Waals surface area contributed by atoms with Gasteiger partial charge in [-0.1, -0.05) is 6.58 Å². The van der Waals surface area contributed by atoms with Crippen molar-refractivity contribution in [3.8, 4) is 0 Å². The minimum absolute atomic E-state index is 0.115. The second kappa shape index (κ2) is 3.70. The van der Waals surface area contributed by atoms with Gasteiger partial charge in [-0.15, -0.1) is 11.3 Å². The van der Waals surface area contributed by atoms with E-state index in [1.807, 2.05) is 0 Å². The Hall–Kier alpha value is -0.890. The maximum absolute atomic E-state index is 11.7. The smallest absolute Gasteiger partial charge is 0.198 e. The Bertz CT molecular complexity index is 364. The van der Waals surface area contributed by atoms with Crippen molar-refractivity contribution in [2.24, 2.45) is 0 Å². The van der Waals surface area contributed by atoms with Crippen LogP contribution < -0.4 is 0 Å². The molecule has 1 heterocycles. The molecule has 1 aromatic heterocycles. The van der Waals surface area contributed by atoms with Crippen LogP contribution >= 0.6 is 11.3 Å². The molecule has 1 aromatic rings. The minimum atomic E-state index is 0.115. The maximum Gasteiger partial charge on any atom is 0.198 e. The summed E-state index contributed by atoms with van der Waals surface area (Å²) in [6.45, 7) is 5.47. The summed E-state index contributed by atoms with van der Waals surface area (Å²) in [4.78, 5) is 14.0. The van der Waals surface area contributed by atoms with Crippen molar-refractivity contribution in [3.05, 3.63) is 33.5 Å². The lowest BCUT2D eigenvalue weighted by atomic mass is 9.99.